The van der Waals surface area contributed by atoms with E-state index in [1.165, 1.54) is 0 Å². The van der Waals surface area contributed by atoms with E-state index in [0.29, 0.717) is 5.92 Å². The van der Waals surface area contributed by atoms with Crippen LogP contribution < -0.4 is 10.5 Å². The third kappa shape index (κ3) is 2.21. The number of fused-ring (bicyclic) bond motifs is 1. The van der Waals surface area contributed by atoms with Crippen molar-refractivity contribution < 1.29 is 4.74 Å². The molecule has 0 amide bonds. The van der Waals surface area contributed by atoms with Gasteiger partial charge in [0.1, 0.15) is 11.6 Å². The highest BCUT2D eigenvalue weighted by Crippen LogP contribution is 2.24. The summed E-state index contributed by atoms with van der Waals surface area (Å²) < 4.78 is 7.16. The Morgan fingerprint density at radius 2 is 2.26 bits per heavy atom. The fourth-order valence-electron chi connectivity index (χ4n) is 2.38. The van der Waals surface area contributed by atoms with Crippen LogP contribution in [-0.4, -0.2) is 27.9 Å². The summed E-state index contributed by atoms with van der Waals surface area (Å²) in [5.74, 6) is 3.03. The van der Waals surface area contributed by atoms with Crippen molar-refractivity contribution in [1.82, 2.24) is 14.8 Å². The Labute approximate surface area is 112 Å². The summed E-state index contributed by atoms with van der Waals surface area (Å²) in [4.78, 5) is 4.62. The third-order valence-corrected chi connectivity index (χ3v) is 3.70. The van der Waals surface area contributed by atoms with Gasteiger partial charge in [0, 0.05) is 18.0 Å². The largest absolute Gasteiger partial charge is 0.497 e. The number of hydrogen-bond acceptors (Lipinski definition) is 4. The van der Waals surface area contributed by atoms with Gasteiger partial charge in [-0.05, 0) is 18.1 Å². The van der Waals surface area contributed by atoms with Crippen molar-refractivity contribution >= 4 is 0 Å². The quantitative estimate of drug-likeness (QED) is 0.886. The van der Waals surface area contributed by atoms with E-state index in [2.05, 4.69) is 17.0 Å². The lowest BCUT2D eigenvalue weighted by Crippen LogP contribution is -2.39. The molecule has 3 rings (SSSR count). The molecule has 0 fully saturated rings. The van der Waals surface area contributed by atoms with Crippen molar-refractivity contribution in [3.05, 3.63) is 30.1 Å². The Morgan fingerprint density at radius 3 is 3.05 bits per heavy atom. The first-order valence-electron chi connectivity index (χ1n) is 6.51. The first-order chi connectivity index (χ1) is 9.17. The highest BCUT2D eigenvalue weighted by atomic mass is 16.5. The van der Waals surface area contributed by atoms with E-state index in [9.17, 15) is 0 Å². The van der Waals surface area contributed by atoms with Crippen LogP contribution in [0.25, 0.3) is 11.4 Å². The summed E-state index contributed by atoms with van der Waals surface area (Å²) in [5.41, 5.74) is 7.05. The Balaban J connectivity index is 1.96. The van der Waals surface area contributed by atoms with Crippen LogP contribution >= 0.6 is 0 Å². The second-order valence-electron chi connectivity index (χ2n) is 5.11. The monoisotopic (exact) mass is 258 g/mol. The number of hydrogen-bond donors (Lipinski definition) is 1. The van der Waals surface area contributed by atoms with Crippen molar-refractivity contribution in [2.75, 3.05) is 7.11 Å². The van der Waals surface area contributed by atoms with Gasteiger partial charge < -0.3 is 10.5 Å². The minimum Gasteiger partial charge on any atom is -0.497 e. The average Bonchev–Trinajstić information content (AvgIpc) is 2.82. The number of methoxy groups -OCH3 is 1. The van der Waals surface area contributed by atoms with Gasteiger partial charge in [-0.3, -0.25) is 0 Å². The highest BCUT2D eigenvalue weighted by molar-refractivity contribution is 5.57. The number of benzene rings is 1. The fraction of sp³-hybridized carbons (Fsp3) is 0.429. The zero-order chi connectivity index (χ0) is 13.4. The summed E-state index contributed by atoms with van der Waals surface area (Å²) in [7, 11) is 1.66. The maximum atomic E-state index is 6.08. The predicted octanol–water partition coefficient (Wildman–Crippen LogP) is 1.47. The summed E-state index contributed by atoms with van der Waals surface area (Å²) in [6.07, 6.45) is 0.887. The van der Waals surface area contributed by atoms with Crippen LogP contribution in [-0.2, 0) is 13.0 Å². The summed E-state index contributed by atoms with van der Waals surface area (Å²) in [6, 6.07) is 7.96. The lowest BCUT2D eigenvalue weighted by Gasteiger charge is -2.25. The molecule has 2 N–H and O–H groups in total. The highest BCUT2D eigenvalue weighted by Gasteiger charge is 2.25. The van der Waals surface area contributed by atoms with E-state index in [0.717, 1.165) is 35.9 Å². The van der Waals surface area contributed by atoms with Gasteiger partial charge >= 0.3 is 0 Å². The van der Waals surface area contributed by atoms with Crippen molar-refractivity contribution in [2.24, 2.45) is 11.7 Å². The lowest BCUT2D eigenvalue weighted by molar-refractivity contribution is 0.330. The van der Waals surface area contributed by atoms with Crippen molar-refractivity contribution in [2.45, 2.75) is 25.9 Å². The summed E-state index contributed by atoms with van der Waals surface area (Å²) in [5, 5.41) is 4.55. The zero-order valence-corrected chi connectivity index (χ0v) is 11.2. The molecule has 2 aromatic rings. The molecule has 5 heteroatoms. The smallest absolute Gasteiger partial charge is 0.181 e. The number of aromatic nitrogens is 3. The summed E-state index contributed by atoms with van der Waals surface area (Å²) >= 11 is 0. The Bertz CT molecular complexity index is 565. The maximum Gasteiger partial charge on any atom is 0.181 e. The van der Waals surface area contributed by atoms with E-state index < -0.39 is 0 Å². The van der Waals surface area contributed by atoms with Crippen molar-refractivity contribution in [3.8, 4) is 17.1 Å². The van der Waals surface area contributed by atoms with E-state index in [4.69, 9.17) is 10.5 Å². The molecule has 0 aliphatic carbocycles. The standard InChI is InChI=1S/C14H18N4O/c1-9-6-13-16-14(17-18(13)8-12(9)15)10-4-3-5-11(7-10)19-2/h3-5,7,9,12H,6,8,15H2,1-2H3. The minimum atomic E-state index is 0.160. The van der Waals surface area contributed by atoms with E-state index in [-0.39, 0.29) is 6.04 Å². The molecule has 1 aliphatic rings. The van der Waals surface area contributed by atoms with Gasteiger partial charge in [-0.15, -0.1) is 0 Å². The molecule has 2 unspecified atom stereocenters. The van der Waals surface area contributed by atoms with Gasteiger partial charge in [-0.25, -0.2) is 9.67 Å². The molecule has 0 bridgehead atoms. The second-order valence-corrected chi connectivity index (χ2v) is 5.11. The van der Waals surface area contributed by atoms with Crippen LogP contribution in [0.1, 0.15) is 12.7 Å². The second kappa shape index (κ2) is 4.66. The zero-order valence-electron chi connectivity index (χ0n) is 11.2. The van der Waals surface area contributed by atoms with Gasteiger partial charge in [0.05, 0.1) is 13.7 Å². The number of ether oxygens (including phenoxy) is 1. The molecule has 1 aromatic carbocycles. The molecule has 5 nitrogen and oxygen atoms in total. The normalized spacial score (nSPS) is 22.1. The van der Waals surface area contributed by atoms with Crippen LogP contribution in [0.4, 0.5) is 0 Å². The van der Waals surface area contributed by atoms with Crippen LogP contribution in [0.5, 0.6) is 5.75 Å². The Morgan fingerprint density at radius 1 is 1.42 bits per heavy atom. The van der Waals surface area contributed by atoms with Crippen LogP contribution in [0.15, 0.2) is 24.3 Å². The molecule has 1 aromatic heterocycles. The number of nitrogens with two attached hydrogens (primary N) is 1. The molecule has 0 radical (unpaired) electrons. The van der Waals surface area contributed by atoms with Crippen molar-refractivity contribution in [1.29, 1.82) is 0 Å². The van der Waals surface area contributed by atoms with E-state index >= 15 is 0 Å². The Hall–Kier alpha value is -1.88. The SMILES string of the molecule is COc1cccc(-c2nc3n(n2)CC(N)C(C)C3)c1. The van der Waals surface area contributed by atoms with Gasteiger partial charge in [-0.2, -0.15) is 5.10 Å². The van der Waals surface area contributed by atoms with Gasteiger partial charge in [0.2, 0.25) is 0 Å². The first-order valence-corrected chi connectivity index (χ1v) is 6.51. The van der Waals surface area contributed by atoms with Crippen LogP contribution in [0, 0.1) is 5.92 Å². The molecule has 100 valence electrons. The molecule has 2 heterocycles. The Kier molecular flexibility index (Phi) is 2.98. The third-order valence-electron chi connectivity index (χ3n) is 3.70. The molecule has 0 spiro atoms. The number of nitrogens with zero attached hydrogens (tertiary/aromatic N) is 3. The molecule has 0 saturated heterocycles. The predicted molar refractivity (Wildman–Crippen MR) is 72.9 cm³/mol. The van der Waals surface area contributed by atoms with Crippen LogP contribution in [0.2, 0.25) is 0 Å². The topological polar surface area (TPSA) is 66.0 Å². The first kappa shape index (κ1) is 12.2. The molecule has 19 heavy (non-hydrogen) atoms. The van der Waals surface area contributed by atoms with Gasteiger partial charge in [-0.1, -0.05) is 19.1 Å². The van der Waals surface area contributed by atoms with Gasteiger partial charge in [0.15, 0.2) is 5.82 Å². The molecule has 0 saturated carbocycles. The van der Waals surface area contributed by atoms with Gasteiger partial charge in [0.25, 0.3) is 0 Å². The molecular weight excluding hydrogens is 240 g/mol. The van der Waals surface area contributed by atoms with E-state index in [1.54, 1.807) is 7.11 Å². The summed E-state index contributed by atoms with van der Waals surface area (Å²) in [6.45, 7) is 2.90. The molecular formula is C14H18N4O. The fourth-order valence-corrected chi connectivity index (χ4v) is 2.38. The van der Waals surface area contributed by atoms with Crippen LogP contribution in [0.3, 0.4) is 0 Å². The van der Waals surface area contributed by atoms with E-state index in [1.807, 2.05) is 28.9 Å². The molecule has 2 atom stereocenters. The average molecular weight is 258 g/mol. The lowest BCUT2D eigenvalue weighted by atomic mass is 9.96. The number of rotatable bonds is 2. The molecule has 1 aliphatic heterocycles. The maximum absolute atomic E-state index is 6.08. The van der Waals surface area contributed by atoms with Crippen molar-refractivity contribution in [3.63, 3.8) is 0 Å². The minimum absolute atomic E-state index is 0.160.